The topological polar surface area (TPSA) is 37.3 Å². The lowest BCUT2D eigenvalue weighted by molar-refractivity contribution is -0.137. The van der Waals surface area contributed by atoms with E-state index < -0.39 is 5.97 Å². The second-order valence-corrected chi connectivity index (χ2v) is 2.72. The molecule has 0 aromatic carbocycles. The maximum Gasteiger partial charge on any atom is 0.303 e. The first-order valence-corrected chi connectivity index (χ1v) is 4.30. The lowest BCUT2D eigenvalue weighted by atomic mass is 10.1. The number of aliphatic carboxylic acids is 1. The molecule has 1 N–H and O–H groups in total. The minimum Gasteiger partial charge on any atom is -0.481 e. The van der Waals surface area contributed by atoms with Gasteiger partial charge in [0.05, 0.1) is 0 Å². The van der Waals surface area contributed by atoms with Gasteiger partial charge in [-0.3, -0.25) is 4.79 Å². The van der Waals surface area contributed by atoms with E-state index in [-0.39, 0.29) is 0 Å². The second-order valence-electron chi connectivity index (χ2n) is 2.72. The number of carbonyl (C=O) groups is 1. The van der Waals surface area contributed by atoms with Crippen LogP contribution in [0.2, 0.25) is 0 Å². The predicted molar refractivity (Wildman–Crippen MR) is 45.3 cm³/mol. The summed E-state index contributed by atoms with van der Waals surface area (Å²) in [4.78, 5) is 10.1. The Hall–Kier alpha value is -0.530. The van der Waals surface area contributed by atoms with E-state index in [1.807, 2.05) is 0 Å². The first kappa shape index (κ1) is 10.5. The Morgan fingerprint density at radius 2 is 2.00 bits per heavy atom. The molecule has 0 bridgehead atoms. The van der Waals surface area contributed by atoms with E-state index in [4.69, 9.17) is 5.11 Å². The van der Waals surface area contributed by atoms with Crippen LogP contribution in [0.25, 0.3) is 0 Å². The molecule has 0 heterocycles. The Labute approximate surface area is 68.6 Å². The summed E-state index contributed by atoms with van der Waals surface area (Å²) in [6, 6.07) is 0. The molecule has 0 aliphatic carbocycles. The van der Waals surface area contributed by atoms with Gasteiger partial charge in [0.15, 0.2) is 0 Å². The van der Waals surface area contributed by atoms with Gasteiger partial charge in [0.1, 0.15) is 0 Å². The van der Waals surface area contributed by atoms with E-state index >= 15 is 0 Å². The summed E-state index contributed by atoms with van der Waals surface area (Å²) in [5.74, 6) is -0.686. The molecule has 0 aliphatic heterocycles. The summed E-state index contributed by atoms with van der Waals surface area (Å²) in [5.41, 5.74) is 0. The molecule has 2 nitrogen and oxygen atoms in total. The van der Waals surface area contributed by atoms with Crippen LogP contribution in [0.1, 0.15) is 45.4 Å². The van der Waals surface area contributed by atoms with Crippen LogP contribution in [0.3, 0.4) is 0 Å². The number of hydrogen-bond donors (Lipinski definition) is 1. The maximum atomic E-state index is 10.1. The van der Waals surface area contributed by atoms with Crippen molar-refractivity contribution in [3.05, 3.63) is 6.42 Å². The Kier molecular flexibility index (Phi) is 7.21. The van der Waals surface area contributed by atoms with Crippen LogP contribution in [0.5, 0.6) is 0 Å². The zero-order valence-electron chi connectivity index (χ0n) is 7.18. The predicted octanol–water partition coefficient (Wildman–Crippen LogP) is 2.64. The van der Waals surface area contributed by atoms with Crippen LogP contribution in [-0.4, -0.2) is 11.1 Å². The molecule has 0 saturated carbocycles. The van der Waals surface area contributed by atoms with Gasteiger partial charge in [-0.25, -0.2) is 0 Å². The second kappa shape index (κ2) is 7.58. The lowest BCUT2D eigenvalue weighted by Gasteiger charge is -1.96. The quantitative estimate of drug-likeness (QED) is 0.577. The molecule has 65 valence electrons. The van der Waals surface area contributed by atoms with E-state index in [2.05, 4.69) is 13.3 Å². The van der Waals surface area contributed by atoms with Gasteiger partial charge in [-0.1, -0.05) is 26.2 Å². The van der Waals surface area contributed by atoms with Crippen molar-refractivity contribution in [2.24, 2.45) is 0 Å². The fraction of sp³-hybridized carbons (Fsp3) is 0.778. The van der Waals surface area contributed by atoms with Crippen molar-refractivity contribution >= 4 is 5.97 Å². The fourth-order valence-electron chi connectivity index (χ4n) is 0.890. The average Bonchev–Trinajstić information content (AvgIpc) is 1.96. The molecule has 0 amide bonds. The van der Waals surface area contributed by atoms with Gasteiger partial charge in [-0.05, 0) is 19.3 Å². The standard InChI is InChI=1S/C9H17O2/c1-2-3-4-5-6-7-8-9(10)11/h5H,2-4,6-8H2,1H3,(H,10,11). The molecule has 0 aromatic heterocycles. The van der Waals surface area contributed by atoms with E-state index in [9.17, 15) is 4.79 Å². The Balaban J connectivity index is 2.85. The Morgan fingerprint density at radius 3 is 2.55 bits per heavy atom. The number of unbranched alkanes of at least 4 members (excludes halogenated alkanes) is 5. The van der Waals surface area contributed by atoms with Crippen LogP contribution in [0, 0.1) is 6.42 Å². The monoisotopic (exact) mass is 157 g/mol. The summed E-state index contributed by atoms with van der Waals surface area (Å²) in [7, 11) is 0. The minimum absolute atomic E-state index is 0.308. The van der Waals surface area contributed by atoms with Crippen LogP contribution >= 0.6 is 0 Å². The molecule has 0 atom stereocenters. The molecule has 2 heteroatoms. The summed E-state index contributed by atoms with van der Waals surface area (Å²) in [6.07, 6.45) is 7.82. The molecule has 0 saturated heterocycles. The highest BCUT2D eigenvalue weighted by Gasteiger charge is 1.95. The minimum atomic E-state index is -0.686. The largest absolute Gasteiger partial charge is 0.481 e. The molecule has 11 heavy (non-hydrogen) atoms. The van der Waals surface area contributed by atoms with Gasteiger partial charge < -0.3 is 5.11 Å². The third-order valence-electron chi connectivity index (χ3n) is 1.56. The van der Waals surface area contributed by atoms with Crippen LogP contribution in [0.15, 0.2) is 0 Å². The maximum absolute atomic E-state index is 10.1. The van der Waals surface area contributed by atoms with Gasteiger partial charge in [-0.2, -0.15) is 0 Å². The summed E-state index contributed by atoms with van der Waals surface area (Å²) >= 11 is 0. The Morgan fingerprint density at radius 1 is 1.36 bits per heavy atom. The number of carboxylic acids is 1. The van der Waals surface area contributed by atoms with Crippen LogP contribution < -0.4 is 0 Å². The SMILES string of the molecule is CCCC[CH]CCCC(=O)O. The summed E-state index contributed by atoms with van der Waals surface area (Å²) in [5, 5.41) is 8.30. The summed E-state index contributed by atoms with van der Waals surface area (Å²) < 4.78 is 0. The Bertz CT molecular complexity index is 99.7. The highest BCUT2D eigenvalue weighted by molar-refractivity contribution is 5.66. The van der Waals surface area contributed by atoms with Gasteiger partial charge in [0.2, 0.25) is 0 Å². The van der Waals surface area contributed by atoms with Gasteiger partial charge in [0.25, 0.3) is 0 Å². The van der Waals surface area contributed by atoms with Crippen molar-refractivity contribution in [1.82, 2.24) is 0 Å². The molecule has 0 fully saturated rings. The zero-order chi connectivity index (χ0) is 8.53. The van der Waals surface area contributed by atoms with E-state index in [0.717, 1.165) is 19.3 Å². The molecule has 0 unspecified atom stereocenters. The summed E-state index contributed by atoms with van der Waals surface area (Å²) in [6.45, 7) is 2.16. The third-order valence-corrected chi connectivity index (χ3v) is 1.56. The van der Waals surface area contributed by atoms with Crippen molar-refractivity contribution in [1.29, 1.82) is 0 Å². The molecule has 0 rings (SSSR count). The van der Waals surface area contributed by atoms with Crippen molar-refractivity contribution in [3.63, 3.8) is 0 Å². The highest BCUT2D eigenvalue weighted by Crippen LogP contribution is 2.05. The van der Waals surface area contributed by atoms with Crippen LogP contribution in [-0.2, 0) is 4.79 Å². The average molecular weight is 157 g/mol. The van der Waals surface area contributed by atoms with Gasteiger partial charge >= 0.3 is 5.97 Å². The molecular weight excluding hydrogens is 140 g/mol. The van der Waals surface area contributed by atoms with Crippen LogP contribution in [0.4, 0.5) is 0 Å². The molecule has 0 aromatic rings. The number of carboxylic acid groups (broad SMARTS) is 1. The number of hydrogen-bond acceptors (Lipinski definition) is 1. The van der Waals surface area contributed by atoms with E-state index in [1.165, 1.54) is 12.8 Å². The molecule has 0 aliphatic rings. The van der Waals surface area contributed by atoms with Gasteiger partial charge in [0, 0.05) is 6.42 Å². The van der Waals surface area contributed by atoms with E-state index in [1.54, 1.807) is 0 Å². The highest BCUT2D eigenvalue weighted by atomic mass is 16.4. The van der Waals surface area contributed by atoms with Crippen molar-refractivity contribution in [2.45, 2.75) is 45.4 Å². The molecule has 1 radical (unpaired) electrons. The zero-order valence-corrected chi connectivity index (χ0v) is 7.18. The fourth-order valence-corrected chi connectivity index (χ4v) is 0.890. The van der Waals surface area contributed by atoms with Crippen molar-refractivity contribution < 1.29 is 9.90 Å². The smallest absolute Gasteiger partial charge is 0.303 e. The third kappa shape index (κ3) is 9.47. The van der Waals surface area contributed by atoms with Crippen molar-refractivity contribution in [2.75, 3.05) is 0 Å². The normalized spacial score (nSPS) is 9.91. The first-order chi connectivity index (χ1) is 5.27. The van der Waals surface area contributed by atoms with E-state index in [0.29, 0.717) is 6.42 Å². The van der Waals surface area contributed by atoms with Crippen molar-refractivity contribution in [3.8, 4) is 0 Å². The lowest BCUT2D eigenvalue weighted by Crippen LogP contribution is -1.93. The molecular formula is C9H17O2. The number of rotatable bonds is 7. The molecule has 0 spiro atoms. The first-order valence-electron chi connectivity index (χ1n) is 4.30. The van der Waals surface area contributed by atoms with Gasteiger partial charge in [-0.15, -0.1) is 0 Å².